The molecule has 1 radical (unpaired) electrons. The second-order valence-electron chi connectivity index (χ2n) is 1.84. The Bertz CT molecular complexity index is 160. The summed E-state index contributed by atoms with van der Waals surface area (Å²) in [6.45, 7) is 2.28. The second kappa shape index (κ2) is 4.65. The van der Waals surface area contributed by atoms with Gasteiger partial charge < -0.3 is 4.74 Å². The van der Waals surface area contributed by atoms with Crippen LogP contribution < -0.4 is 0 Å². The maximum Gasteiger partial charge on any atom is 0.296 e. The molecule has 0 saturated carbocycles. The fourth-order valence-electron chi connectivity index (χ4n) is 0.362. The van der Waals surface area contributed by atoms with Crippen LogP contribution in [0, 0.1) is 5.94 Å². The van der Waals surface area contributed by atoms with Crippen molar-refractivity contribution in [3.05, 3.63) is 5.94 Å². The SMILES string of the molecule is CCCCO[CH]S(=O)(=O)O. The minimum absolute atomic E-state index is 0.330. The number of hydrogen-bond donors (Lipinski definition) is 1. The van der Waals surface area contributed by atoms with E-state index in [9.17, 15) is 8.42 Å². The molecular weight excluding hydrogens is 156 g/mol. The third-order valence-electron chi connectivity index (χ3n) is 0.805. The zero-order valence-electron chi connectivity index (χ0n) is 5.78. The summed E-state index contributed by atoms with van der Waals surface area (Å²) in [7, 11) is -4.05. The van der Waals surface area contributed by atoms with Gasteiger partial charge in [-0.2, -0.15) is 8.42 Å². The molecular formula is C5H11O4S. The average Bonchev–Trinajstić information content (AvgIpc) is 1.78. The van der Waals surface area contributed by atoms with Crippen molar-refractivity contribution in [3.8, 4) is 0 Å². The highest BCUT2D eigenvalue weighted by molar-refractivity contribution is 7.87. The molecule has 0 spiro atoms. The van der Waals surface area contributed by atoms with Crippen LogP contribution in [0.25, 0.3) is 0 Å². The normalized spacial score (nSPS) is 11.8. The summed E-state index contributed by atoms with van der Waals surface area (Å²) in [5.41, 5.74) is 0. The van der Waals surface area contributed by atoms with Crippen LogP contribution in [-0.4, -0.2) is 19.6 Å². The molecule has 4 nitrogen and oxygen atoms in total. The van der Waals surface area contributed by atoms with Crippen LogP contribution in [0.2, 0.25) is 0 Å². The average molecular weight is 167 g/mol. The summed E-state index contributed by atoms with van der Waals surface area (Å²) in [5, 5.41) is 0. The molecule has 0 amide bonds. The Morgan fingerprint density at radius 1 is 1.60 bits per heavy atom. The lowest BCUT2D eigenvalue weighted by molar-refractivity contribution is 0.215. The molecule has 0 aromatic carbocycles. The van der Waals surface area contributed by atoms with E-state index in [1.54, 1.807) is 0 Å². The first-order valence-corrected chi connectivity index (χ1v) is 4.49. The molecule has 5 heteroatoms. The number of rotatable bonds is 5. The Balaban J connectivity index is 3.21. The van der Waals surface area contributed by atoms with Crippen molar-refractivity contribution >= 4 is 10.1 Å². The summed E-state index contributed by atoms with van der Waals surface area (Å²) in [6.07, 6.45) is 1.71. The van der Waals surface area contributed by atoms with Crippen molar-refractivity contribution < 1.29 is 17.7 Å². The predicted octanol–water partition coefficient (Wildman–Crippen LogP) is 0.810. The molecule has 0 rings (SSSR count). The van der Waals surface area contributed by atoms with Gasteiger partial charge in [0.2, 0.25) is 5.94 Å². The molecule has 0 heterocycles. The van der Waals surface area contributed by atoms with Crippen molar-refractivity contribution in [2.75, 3.05) is 6.61 Å². The van der Waals surface area contributed by atoms with E-state index in [0.717, 1.165) is 12.8 Å². The van der Waals surface area contributed by atoms with Crippen molar-refractivity contribution in [2.45, 2.75) is 19.8 Å². The van der Waals surface area contributed by atoms with Crippen LogP contribution in [0.15, 0.2) is 0 Å². The zero-order chi connectivity index (χ0) is 8.04. The minimum atomic E-state index is -4.05. The molecule has 1 N–H and O–H groups in total. The third-order valence-corrected chi connectivity index (χ3v) is 1.18. The molecule has 0 aliphatic carbocycles. The lowest BCUT2D eigenvalue weighted by Gasteiger charge is -1.97. The smallest absolute Gasteiger partial charge is 0.296 e. The Morgan fingerprint density at radius 2 is 2.20 bits per heavy atom. The van der Waals surface area contributed by atoms with Gasteiger partial charge in [0.1, 0.15) is 0 Å². The Kier molecular flexibility index (Phi) is 4.59. The largest absolute Gasteiger partial charge is 0.357 e. The first-order chi connectivity index (χ1) is 4.56. The van der Waals surface area contributed by atoms with Crippen LogP contribution in [0.4, 0.5) is 0 Å². The van der Waals surface area contributed by atoms with E-state index in [-0.39, 0.29) is 0 Å². The van der Waals surface area contributed by atoms with Gasteiger partial charge in [-0.3, -0.25) is 4.55 Å². The molecule has 10 heavy (non-hydrogen) atoms. The highest BCUT2D eigenvalue weighted by Gasteiger charge is 2.03. The van der Waals surface area contributed by atoms with Gasteiger partial charge in [0.25, 0.3) is 10.1 Å². The Morgan fingerprint density at radius 3 is 2.60 bits per heavy atom. The molecule has 0 aliphatic heterocycles. The van der Waals surface area contributed by atoms with Crippen molar-refractivity contribution in [2.24, 2.45) is 0 Å². The molecule has 0 aromatic heterocycles. The van der Waals surface area contributed by atoms with Gasteiger partial charge in [0.05, 0.1) is 0 Å². The maximum absolute atomic E-state index is 9.97. The van der Waals surface area contributed by atoms with Gasteiger partial charge in [-0.15, -0.1) is 0 Å². The van der Waals surface area contributed by atoms with E-state index < -0.39 is 10.1 Å². The molecule has 0 unspecified atom stereocenters. The minimum Gasteiger partial charge on any atom is -0.357 e. The molecule has 0 bridgehead atoms. The topological polar surface area (TPSA) is 63.6 Å². The molecule has 61 valence electrons. The van der Waals surface area contributed by atoms with Crippen LogP contribution in [0.1, 0.15) is 19.8 Å². The second-order valence-corrected chi connectivity index (χ2v) is 3.06. The van der Waals surface area contributed by atoms with E-state index in [1.165, 1.54) is 0 Å². The van der Waals surface area contributed by atoms with Gasteiger partial charge >= 0.3 is 0 Å². The van der Waals surface area contributed by atoms with Crippen molar-refractivity contribution in [1.82, 2.24) is 0 Å². The number of ether oxygens (including phenoxy) is 1. The van der Waals surface area contributed by atoms with E-state index in [4.69, 9.17) is 4.55 Å². The first kappa shape index (κ1) is 9.87. The van der Waals surface area contributed by atoms with Crippen LogP contribution in [0.5, 0.6) is 0 Å². The summed E-state index contributed by atoms with van der Waals surface area (Å²) in [4.78, 5) is 0. The monoisotopic (exact) mass is 167 g/mol. The van der Waals surface area contributed by atoms with Crippen LogP contribution in [-0.2, 0) is 14.9 Å². The summed E-state index contributed by atoms with van der Waals surface area (Å²) < 4.78 is 32.5. The van der Waals surface area contributed by atoms with Gasteiger partial charge in [-0.05, 0) is 6.42 Å². The number of unbranched alkanes of at least 4 members (excludes halogenated alkanes) is 1. The van der Waals surface area contributed by atoms with E-state index in [1.807, 2.05) is 6.92 Å². The van der Waals surface area contributed by atoms with Crippen LogP contribution in [0.3, 0.4) is 0 Å². The first-order valence-electron chi connectivity index (χ1n) is 2.98. The molecule has 0 aliphatic rings. The molecule has 0 atom stereocenters. The standard InChI is InChI=1S/C5H11O4S/c1-2-3-4-9-5-10(6,7)8/h5H,2-4H2,1H3,(H,6,7,8). The maximum atomic E-state index is 9.97. The summed E-state index contributed by atoms with van der Waals surface area (Å²) in [5.74, 6) is 0.447. The third kappa shape index (κ3) is 7.87. The van der Waals surface area contributed by atoms with E-state index >= 15 is 0 Å². The predicted molar refractivity (Wildman–Crippen MR) is 36.7 cm³/mol. The fourth-order valence-corrected chi connectivity index (χ4v) is 0.630. The summed E-state index contributed by atoms with van der Waals surface area (Å²) >= 11 is 0. The highest BCUT2D eigenvalue weighted by Crippen LogP contribution is 1.94. The van der Waals surface area contributed by atoms with Gasteiger partial charge in [-0.25, -0.2) is 0 Å². The highest BCUT2D eigenvalue weighted by atomic mass is 32.2. The van der Waals surface area contributed by atoms with Gasteiger partial charge in [0, 0.05) is 6.61 Å². The molecule has 0 saturated heterocycles. The molecule has 0 aromatic rings. The Labute approximate surface area is 60.9 Å². The number of hydrogen-bond acceptors (Lipinski definition) is 3. The zero-order valence-corrected chi connectivity index (χ0v) is 6.60. The summed E-state index contributed by atoms with van der Waals surface area (Å²) in [6, 6.07) is 0. The Hall–Kier alpha value is -0.130. The quantitative estimate of drug-likeness (QED) is 0.486. The lowest BCUT2D eigenvalue weighted by atomic mass is 10.4. The van der Waals surface area contributed by atoms with E-state index in [0.29, 0.717) is 12.5 Å². The van der Waals surface area contributed by atoms with Crippen molar-refractivity contribution in [3.63, 3.8) is 0 Å². The van der Waals surface area contributed by atoms with E-state index in [2.05, 4.69) is 4.74 Å². The van der Waals surface area contributed by atoms with Crippen LogP contribution >= 0.6 is 0 Å². The van der Waals surface area contributed by atoms with Crippen molar-refractivity contribution in [1.29, 1.82) is 0 Å². The lowest BCUT2D eigenvalue weighted by Crippen LogP contribution is -2.02. The van der Waals surface area contributed by atoms with Gasteiger partial charge in [0.15, 0.2) is 0 Å². The molecule has 0 fully saturated rings. The fraction of sp³-hybridized carbons (Fsp3) is 0.800. The van der Waals surface area contributed by atoms with Gasteiger partial charge in [-0.1, -0.05) is 13.3 Å².